The van der Waals surface area contributed by atoms with Crippen molar-refractivity contribution in [1.82, 2.24) is 4.57 Å². The number of rotatable bonds is 2. The van der Waals surface area contributed by atoms with Gasteiger partial charge in [0.05, 0.1) is 7.11 Å². The summed E-state index contributed by atoms with van der Waals surface area (Å²) >= 11 is 0. The van der Waals surface area contributed by atoms with Gasteiger partial charge < -0.3 is 9.30 Å². The Morgan fingerprint density at radius 3 is 2.50 bits per heavy atom. The van der Waals surface area contributed by atoms with E-state index in [1.54, 1.807) is 14.2 Å². The number of nitriles is 1. The zero-order valence-corrected chi connectivity index (χ0v) is 12.0. The molecule has 1 aromatic heterocycles. The third-order valence-electron chi connectivity index (χ3n) is 3.43. The number of methoxy groups -OCH3 is 1. The zero-order chi connectivity index (χ0) is 14.9. The molecule has 0 spiro atoms. The molecule has 2 aromatic rings. The van der Waals surface area contributed by atoms with Gasteiger partial charge in [0.15, 0.2) is 0 Å². The molecule has 4 nitrogen and oxygen atoms in total. The van der Waals surface area contributed by atoms with Crippen LogP contribution in [-0.4, -0.2) is 11.7 Å². The number of aromatic nitrogens is 1. The first-order valence-electron chi connectivity index (χ1n) is 6.25. The van der Waals surface area contributed by atoms with E-state index in [0.29, 0.717) is 11.3 Å². The number of benzene rings is 1. The molecular weight excluding hydrogens is 252 g/mol. The van der Waals surface area contributed by atoms with Crippen LogP contribution < -0.4 is 10.3 Å². The normalized spacial score (nSPS) is 10.2. The monoisotopic (exact) mass is 268 g/mol. The molecule has 0 saturated carbocycles. The molecule has 0 N–H and O–H groups in total. The van der Waals surface area contributed by atoms with E-state index < -0.39 is 0 Å². The molecule has 4 heteroatoms. The number of hydrogen-bond acceptors (Lipinski definition) is 3. The van der Waals surface area contributed by atoms with Gasteiger partial charge in [-0.15, -0.1) is 0 Å². The molecule has 1 aromatic carbocycles. The molecule has 0 saturated heterocycles. The van der Waals surface area contributed by atoms with Crippen molar-refractivity contribution >= 4 is 0 Å². The summed E-state index contributed by atoms with van der Waals surface area (Å²) in [6.45, 7) is 3.80. The number of ether oxygens (including phenoxy) is 1. The minimum Gasteiger partial charge on any atom is -0.496 e. The second kappa shape index (κ2) is 5.22. The second-order valence-electron chi connectivity index (χ2n) is 4.75. The van der Waals surface area contributed by atoms with Crippen LogP contribution in [0.2, 0.25) is 0 Å². The van der Waals surface area contributed by atoms with Crippen molar-refractivity contribution in [3.63, 3.8) is 0 Å². The fourth-order valence-corrected chi connectivity index (χ4v) is 2.17. The number of hydrogen-bond donors (Lipinski definition) is 0. The molecule has 1 heterocycles. The fraction of sp³-hybridized carbons (Fsp3) is 0.250. The van der Waals surface area contributed by atoms with Gasteiger partial charge in [-0.25, -0.2) is 0 Å². The van der Waals surface area contributed by atoms with E-state index >= 15 is 0 Å². The van der Waals surface area contributed by atoms with Crippen molar-refractivity contribution in [2.24, 2.45) is 7.05 Å². The Bertz CT molecular complexity index is 767. The van der Waals surface area contributed by atoms with E-state index in [0.717, 1.165) is 16.8 Å². The molecule has 0 radical (unpaired) electrons. The Morgan fingerprint density at radius 1 is 1.20 bits per heavy atom. The van der Waals surface area contributed by atoms with Crippen LogP contribution in [0.1, 0.15) is 16.8 Å². The summed E-state index contributed by atoms with van der Waals surface area (Å²) < 4.78 is 6.82. The molecule has 0 bridgehead atoms. The van der Waals surface area contributed by atoms with Crippen molar-refractivity contribution < 1.29 is 4.74 Å². The summed E-state index contributed by atoms with van der Waals surface area (Å²) in [6, 6.07) is 9.56. The van der Waals surface area contributed by atoms with Crippen LogP contribution in [0.15, 0.2) is 29.1 Å². The van der Waals surface area contributed by atoms with Gasteiger partial charge in [-0.05, 0) is 32.0 Å². The molecule has 102 valence electrons. The van der Waals surface area contributed by atoms with Crippen molar-refractivity contribution in [1.29, 1.82) is 5.26 Å². The third-order valence-corrected chi connectivity index (χ3v) is 3.43. The van der Waals surface area contributed by atoms with Gasteiger partial charge in [-0.1, -0.05) is 11.6 Å². The summed E-state index contributed by atoms with van der Waals surface area (Å²) in [4.78, 5) is 12.2. The maximum Gasteiger partial charge on any atom is 0.269 e. The first kappa shape index (κ1) is 13.9. The van der Waals surface area contributed by atoms with Gasteiger partial charge in [0.25, 0.3) is 5.56 Å². The molecule has 0 fully saturated rings. The molecule has 0 amide bonds. The molecule has 20 heavy (non-hydrogen) atoms. The summed E-state index contributed by atoms with van der Waals surface area (Å²) in [5, 5.41) is 9.30. The van der Waals surface area contributed by atoms with Crippen LogP contribution >= 0.6 is 0 Å². The molecule has 0 aliphatic carbocycles. The Labute approximate surface area is 117 Å². The van der Waals surface area contributed by atoms with E-state index in [4.69, 9.17) is 4.74 Å². The standard InChI is InChI=1S/C16H16N2O2/c1-10-5-6-15(20-4)13(7-10)12-8-11(2)18(3)16(19)14(12)9-17/h5-8H,1-4H3. The Kier molecular flexibility index (Phi) is 3.62. The van der Waals surface area contributed by atoms with E-state index in [1.807, 2.05) is 44.2 Å². The van der Waals surface area contributed by atoms with Gasteiger partial charge in [-0.3, -0.25) is 4.79 Å². The minimum absolute atomic E-state index is 0.141. The van der Waals surface area contributed by atoms with Crippen molar-refractivity contribution in [3.05, 3.63) is 51.4 Å². The van der Waals surface area contributed by atoms with E-state index in [-0.39, 0.29) is 11.1 Å². The quantitative estimate of drug-likeness (QED) is 0.841. The summed E-state index contributed by atoms with van der Waals surface area (Å²) in [5.74, 6) is 0.653. The number of pyridine rings is 1. The van der Waals surface area contributed by atoms with Gasteiger partial charge in [-0.2, -0.15) is 5.26 Å². The largest absolute Gasteiger partial charge is 0.496 e. The Balaban J connectivity index is 2.87. The van der Waals surface area contributed by atoms with Crippen LogP contribution in [0.3, 0.4) is 0 Å². The van der Waals surface area contributed by atoms with Crippen LogP contribution in [0.5, 0.6) is 5.75 Å². The number of nitrogens with zero attached hydrogens (tertiary/aromatic N) is 2. The molecular formula is C16H16N2O2. The van der Waals surface area contributed by atoms with Gasteiger partial charge in [0.2, 0.25) is 0 Å². The Hall–Kier alpha value is -2.54. The van der Waals surface area contributed by atoms with Crippen LogP contribution in [-0.2, 0) is 7.05 Å². The lowest BCUT2D eigenvalue weighted by Gasteiger charge is -2.13. The highest BCUT2D eigenvalue weighted by Gasteiger charge is 2.16. The average Bonchev–Trinajstić information content (AvgIpc) is 2.44. The van der Waals surface area contributed by atoms with Crippen molar-refractivity contribution in [2.75, 3.05) is 7.11 Å². The zero-order valence-electron chi connectivity index (χ0n) is 12.0. The predicted molar refractivity (Wildman–Crippen MR) is 77.9 cm³/mol. The van der Waals surface area contributed by atoms with E-state index in [2.05, 4.69) is 0 Å². The topological polar surface area (TPSA) is 55.0 Å². The van der Waals surface area contributed by atoms with E-state index in [9.17, 15) is 10.1 Å². The second-order valence-corrected chi connectivity index (χ2v) is 4.75. The smallest absolute Gasteiger partial charge is 0.269 e. The van der Waals surface area contributed by atoms with Crippen LogP contribution in [0.25, 0.3) is 11.1 Å². The van der Waals surface area contributed by atoms with Gasteiger partial charge in [0, 0.05) is 23.9 Å². The third kappa shape index (κ3) is 2.19. The molecule has 0 unspecified atom stereocenters. The first-order chi connectivity index (χ1) is 9.49. The van der Waals surface area contributed by atoms with Gasteiger partial charge >= 0.3 is 0 Å². The lowest BCUT2D eigenvalue weighted by molar-refractivity contribution is 0.416. The first-order valence-corrected chi connectivity index (χ1v) is 6.25. The highest BCUT2D eigenvalue weighted by Crippen LogP contribution is 2.32. The Morgan fingerprint density at radius 2 is 1.90 bits per heavy atom. The maximum atomic E-state index is 12.2. The highest BCUT2D eigenvalue weighted by atomic mass is 16.5. The van der Waals surface area contributed by atoms with E-state index in [1.165, 1.54) is 4.57 Å². The fourth-order valence-electron chi connectivity index (χ4n) is 2.17. The molecule has 0 aliphatic heterocycles. The minimum atomic E-state index is -0.286. The predicted octanol–water partition coefficient (Wildman–Crippen LogP) is 2.55. The van der Waals surface area contributed by atoms with Crippen LogP contribution in [0, 0.1) is 25.2 Å². The number of aryl methyl sites for hydroxylation is 2. The van der Waals surface area contributed by atoms with Crippen molar-refractivity contribution in [3.8, 4) is 22.9 Å². The van der Waals surface area contributed by atoms with Gasteiger partial charge in [0.1, 0.15) is 17.4 Å². The highest BCUT2D eigenvalue weighted by molar-refractivity contribution is 5.76. The van der Waals surface area contributed by atoms with Crippen molar-refractivity contribution in [2.45, 2.75) is 13.8 Å². The lowest BCUT2D eigenvalue weighted by atomic mass is 9.98. The molecule has 0 atom stereocenters. The molecule has 0 aliphatic rings. The SMILES string of the molecule is COc1ccc(C)cc1-c1cc(C)n(C)c(=O)c1C#N. The summed E-state index contributed by atoms with van der Waals surface area (Å²) in [6.07, 6.45) is 0. The maximum absolute atomic E-state index is 12.2. The molecule has 2 rings (SSSR count). The average molecular weight is 268 g/mol. The summed E-state index contributed by atoms with van der Waals surface area (Å²) in [7, 11) is 3.24. The van der Waals surface area contributed by atoms with Crippen LogP contribution in [0.4, 0.5) is 0 Å². The summed E-state index contributed by atoms with van der Waals surface area (Å²) in [5.41, 5.74) is 3.09. The lowest BCUT2D eigenvalue weighted by Crippen LogP contribution is -2.22.